The predicted octanol–water partition coefficient (Wildman–Crippen LogP) is 1.64. The molecule has 4 saturated heterocycles. The number of ketones is 1. The van der Waals surface area contributed by atoms with Gasteiger partial charge in [-0.15, -0.1) is 0 Å². The number of ether oxygens (including phenoxy) is 2. The third-order valence-electron chi connectivity index (χ3n) is 14.2. The molecule has 13 heteroatoms. The van der Waals surface area contributed by atoms with Crippen LogP contribution < -0.4 is 10.6 Å². The Morgan fingerprint density at radius 1 is 0.925 bits per heavy atom. The lowest BCUT2D eigenvalue weighted by Gasteiger charge is -2.61. The van der Waals surface area contributed by atoms with Crippen molar-refractivity contribution in [3.63, 3.8) is 0 Å². The summed E-state index contributed by atoms with van der Waals surface area (Å²) in [4.78, 5) is 52.1. The number of hydrogen-bond donors (Lipinski definition) is 2. The minimum atomic E-state index is -1.28. The quantitative estimate of drug-likeness (QED) is 0.240. The van der Waals surface area contributed by atoms with E-state index in [1.807, 2.05) is 20.3 Å². The van der Waals surface area contributed by atoms with Crippen LogP contribution in [0.15, 0.2) is 11.8 Å². The smallest absolute Gasteiger partial charge is 0.256 e. The third-order valence-corrected chi connectivity index (χ3v) is 14.2. The van der Waals surface area contributed by atoms with E-state index in [0.29, 0.717) is 44.0 Å². The molecule has 12 nitrogen and oxygen atoms in total. The maximum Gasteiger partial charge on any atom is 0.256 e. The molecule has 5 aliphatic heterocycles. The normalized spacial score (nSPS) is 40.3. The summed E-state index contributed by atoms with van der Waals surface area (Å²) < 4.78 is 30.7. The molecule has 12 atom stereocenters. The second-order valence-electron chi connectivity index (χ2n) is 17.9. The van der Waals surface area contributed by atoms with Crippen molar-refractivity contribution in [3.05, 3.63) is 11.8 Å². The number of morpholine rings is 1. The van der Waals surface area contributed by atoms with Crippen LogP contribution in [-0.2, 0) is 23.9 Å². The van der Waals surface area contributed by atoms with Crippen LogP contribution in [0, 0.1) is 17.8 Å². The number of fused-ring (bicyclic) bond motifs is 5. The molecule has 53 heavy (non-hydrogen) atoms. The van der Waals surface area contributed by atoms with Crippen LogP contribution in [0.4, 0.5) is 4.39 Å². The van der Waals surface area contributed by atoms with Gasteiger partial charge in [-0.2, -0.15) is 0 Å². The Morgan fingerprint density at radius 3 is 2.55 bits per heavy atom. The first-order valence-corrected chi connectivity index (χ1v) is 21.0. The molecule has 2 amide bonds. The molecule has 0 aromatic heterocycles. The summed E-state index contributed by atoms with van der Waals surface area (Å²) in [6, 6.07) is -0.920. The average Bonchev–Trinajstić information content (AvgIpc) is 3.75. The lowest BCUT2D eigenvalue weighted by atomic mass is 9.67. The van der Waals surface area contributed by atoms with Crippen LogP contribution in [0.3, 0.4) is 0 Å². The van der Waals surface area contributed by atoms with Gasteiger partial charge >= 0.3 is 0 Å². The lowest BCUT2D eigenvalue weighted by Crippen LogP contribution is -2.73. The standard InChI is InChI=1S/C40H64FN7O5/c1-44(2)13-7-6-12-42-40(51)29-24-48-31-22-33-27(26-8-4-5-9-32(26)52-33)21-34(31)53-39-36(48)28(38(29)50)20-30(41)37(39)47-15-10-25(23-47)43-35(49)11-14-46-18-16-45(3)17-19-46/h24-28,30-34,36-37,39H,4-23H2,1-3H3,(H,42,51)(H,43,49). The fourth-order valence-electron chi connectivity index (χ4n) is 11.5. The maximum absolute atomic E-state index is 16.8. The fourth-order valence-corrected chi connectivity index (χ4v) is 11.5. The molecule has 8 rings (SSSR count). The Balaban J connectivity index is 0.986. The number of amides is 2. The summed E-state index contributed by atoms with van der Waals surface area (Å²) in [5.74, 6) is -0.223. The van der Waals surface area contributed by atoms with Crippen molar-refractivity contribution in [1.82, 2.24) is 35.1 Å². The predicted molar refractivity (Wildman–Crippen MR) is 199 cm³/mol. The number of carbonyl (C=O) groups excluding carboxylic acids is 3. The van der Waals surface area contributed by atoms with Crippen molar-refractivity contribution in [2.45, 2.75) is 125 Å². The second kappa shape index (κ2) is 16.1. The molecule has 3 aliphatic carbocycles. The zero-order valence-electron chi connectivity index (χ0n) is 32.3. The molecular weight excluding hydrogens is 677 g/mol. The van der Waals surface area contributed by atoms with Crippen molar-refractivity contribution in [3.8, 4) is 0 Å². The maximum atomic E-state index is 16.8. The zero-order chi connectivity index (χ0) is 36.8. The highest BCUT2D eigenvalue weighted by Gasteiger charge is 2.62. The molecule has 0 spiro atoms. The lowest BCUT2D eigenvalue weighted by molar-refractivity contribution is -0.220. The molecule has 0 radical (unpaired) electrons. The molecule has 2 N–H and O–H groups in total. The first-order chi connectivity index (χ1) is 25.6. The summed E-state index contributed by atoms with van der Waals surface area (Å²) in [6.07, 6.45) is 9.90. The first-order valence-electron chi connectivity index (χ1n) is 21.0. The molecule has 5 heterocycles. The van der Waals surface area contributed by atoms with Gasteiger partial charge in [0.15, 0.2) is 5.78 Å². The number of piperazine rings is 1. The Bertz CT molecular complexity index is 1380. The van der Waals surface area contributed by atoms with E-state index in [-0.39, 0.29) is 59.9 Å². The van der Waals surface area contributed by atoms with E-state index in [4.69, 9.17) is 9.47 Å². The summed E-state index contributed by atoms with van der Waals surface area (Å²) in [5, 5.41) is 6.27. The number of nitrogens with one attached hydrogen (secondary N) is 2. The SMILES string of the molecule is CN(C)CCCCNC(=O)C1=CN2C3CC4OC5CCCCC5C4CC3OC3C(N4CCC(NC(=O)CCN5CCN(C)CC5)C4)C(F)CC(C1=O)C32. The highest BCUT2D eigenvalue weighted by molar-refractivity contribution is 6.20. The van der Waals surface area contributed by atoms with Crippen LogP contribution in [0.25, 0.3) is 0 Å². The van der Waals surface area contributed by atoms with E-state index >= 15 is 4.39 Å². The van der Waals surface area contributed by atoms with Crippen molar-refractivity contribution in [2.75, 3.05) is 80.0 Å². The molecule has 296 valence electrons. The highest BCUT2D eigenvalue weighted by Crippen LogP contribution is 2.53. The Hall–Kier alpha value is -2.16. The number of carbonyl (C=O) groups is 3. The monoisotopic (exact) mass is 741 g/mol. The van der Waals surface area contributed by atoms with Crippen molar-refractivity contribution in [1.29, 1.82) is 0 Å². The summed E-state index contributed by atoms with van der Waals surface area (Å²) in [5.41, 5.74) is 0.160. The molecule has 0 aromatic carbocycles. The minimum absolute atomic E-state index is 0.0288. The number of alkyl halides is 1. The molecule has 0 bridgehead atoms. The van der Waals surface area contributed by atoms with Crippen LogP contribution in [0.5, 0.6) is 0 Å². The minimum Gasteiger partial charge on any atom is -0.374 e. The van der Waals surface area contributed by atoms with E-state index in [0.717, 1.165) is 77.8 Å². The molecule has 0 aromatic rings. The fraction of sp³-hybridized carbons (Fsp3) is 0.875. The van der Waals surface area contributed by atoms with E-state index in [2.05, 4.69) is 42.2 Å². The van der Waals surface area contributed by atoms with Crippen LogP contribution in [0.1, 0.15) is 70.6 Å². The van der Waals surface area contributed by atoms with Gasteiger partial charge < -0.3 is 39.7 Å². The number of hydrogen-bond acceptors (Lipinski definition) is 10. The molecule has 8 aliphatic rings. The van der Waals surface area contributed by atoms with Crippen LogP contribution in [0.2, 0.25) is 0 Å². The third kappa shape index (κ3) is 7.81. The molecule has 7 fully saturated rings. The summed E-state index contributed by atoms with van der Waals surface area (Å²) in [7, 11) is 6.20. The van der Waals surface area contributed by atoms with Crippen LogP contribution >= 0.6 is 0 Å². The summed E-state index contributed by atoms with van der Waals surface area (Å²) >= 11 is 0. The van der Waals surface area contributed by atoms with Crippen molar-refractivity contribution >= 4 is 17.6 Å². The zero-order valence-corrected chi connectivity index (χ0v) is 32.3. The number of likely N-dealkylation sites (N-methyl/N-ethyl adjacent to an activating group) is 1. The number of rotatable bonds is 11. The van der Waals surface area contributed by atoms with Gasteiger partial charge in [0.05, 0.1) is 48.1 Å². The van der Waals surface area contributed by atoms with Gasteiger partial charge in [0.2, 0.25) is 5.91 Å². The van der Waals surface area contributed by atoms with E-state index in [1.165, 1.54) is 19.3 Å². The van der Waals surface area contributed by atoms with E-state index in [1.54, 1.807) is 0 Å². The number of halogens is 1. The Morgan fingerprint density at radius 2 is 1.74 bits per heavy atom. The largest absolute Gasteiger partial charge is 0.374 e. The Kier molecular flexibility index (Phi) is 11.5. The van der Waals surface area contributed by atoms with E-state index in [9.17, 15) is 14.4 Å². The number of nitrogens with zero attached hydrogens (tertiary/aromatic N) is 5. The van der Waals surface area contributed by atoms with Gasteiger partial charge in [-0.3, -0.25) is 19.3 Å². The molecule has 3 saturated carbocycles. The van der Waals surface area contributed by atoms with E-state index < -0.39 is 24.2 Å². The van der Waals surface area contributed by atoms with Gasteiger partial charge in [0, 0.05) is 76.9 Å². The van der Waals surface area contributed by atoms with Gasteiger partial charge in [0.1, 0.15) is 6.17 Å². The van der Waals surface area contributed by atoms with Gasteiger partial charge in [-0.1, -0.05) is 12.8 Å². The van der Waals surface area contributed by atoms with Crippen molar-refractivity contribution < 1.29 is 28.2 Å². The molecular formula is C40H64FN7O5. The highest BCUT2D eigenvalue weighted by atomic mass is 19.1. The van der Waals surface area contributed by atoms with Gasteiger partial charge in [-0.25, -0.2) is 4.39 Å². The first kappa shape index (κ1) is 37.7. The molecule has 12 unspecified atom stereocenters. The average molecular weight is 742 g/mol. The second-order valence-corrected chi connectivity index (χ2v) is 17.9. The number of likely N-dealkylation sites (tertiary alicyclic amines) is 1. The van der Waals surface area contributed by atoms with Gasteiger partial charge in [0.25, 0.3) is 5.91 Å². The summed E-state index contributed by atoms with van der Waals surface area (Å²) in [6.45, 7) is 7.47. The van der Waals surface area contributed by atoms with Crippen LogP contribution in [-0.4, -0.2) is 177 Å². The van der Waals surface area contributed by atoms with Crippen molar-refractivity contribution in [2.24, 2.45) is 17.8 Å². The topological polar surface area (TPSA) is 110 Å². The Labute approximate surface area is 315 Å². The number of Topliss-reactive ketones (excluding diaryl/α,β-unsaturated/α-hetero) is 1. The van der Waals surface area contributed by atoms with Gasteiger partial charge in [-0.05, 0) is 90.9 Å². The number of unbranched alkanes of at least 4 members (excludes halogenated alkanes) is 1.